The molecule has 0 amide bonds. The lowest BCUT2D eigenvalue weighted by molar-refractivity contribution is 0.313. The van der Waals surface area contributed by atoms with Gasteiger partial charge in [-0.1, -0.05) is 0 Å². The van der Waals surface area contributed by atoms with Crippen molar-refractivity contribution in [2.24, 2.45) is 0 Å². The van der Waals surface area contributed by atoms with Crippen molar-refractivity contribution in [3.8, 4) is 17.1 Å². The van der Waals surface area contributed by atoms with Crippen LogP contribution in [0.3, 0.4) is 0 Å². The molecule has 0 saturated carbocycles. The van der Waals surface area contributed by atoms with Crippen LogP contribution in [0, 0.1) is 6.92 Å². The second-order valence-corrected chi connectivity index (χ2v) is 6.65. The van der Waals surface area contributed by atoms with Gasteiger partial charge in [0, 0.05) is 43.6 Å². The summed E-state index contributed by atoms with van der Waals surface area (Å²) in [6.07, 6.45) is 3.50. The van der Waals surface area contributed by atoms with Crippen LogP contribution in [0.15, 0.2) is 30.6 Å². The van der Waals surface area contributed by atoms with Crippen LogP contribution in [-0.2, 0) is 0 Å². The van der Waals surface area contributed by atoms with Gasteiger partial charge in [-0.05, 0) is 37.7 Å². The predicted molar refractivity (Wildman–Crippen MR) is 100 cm³/mol. The van der Waals surface area contributed by atoms with E-state index in [0.717, 1.165) is 54.3 Å². The minimum absolute atomic E-state index is 0.729. The number of ether oxygens (including phenoxy) is 1. The number of hydrogen-bond donors (Lipinski definition) is 1. The summed E-state index contributed by atoms with van der Waals surface area (Å²) in [5.41, 5.74) is 5.44. The third-order valence-electron chi connectivity index (χ3n) is 4.85. The monoisotopic (exact) mass is 337 g/mol. The van der Waals surface area contributed by atoms with Gasteiger partial charge in [-0.15, -0.1) is 0 Å². The minimum Gasteiger partial charge on any atom is -0.495 e. The Morgan fingerprint density at radius 1 is 1.08 bits per heavy atom. The zero-order valence-corrected chi connectivity index (χ0v) is 14.9. The number of imidazole rings is 1. The van der Waals surface area contributed by atoms with E-state index in [1.165, 1.54) is 11.3 Å². The standard InChI is InChI=1S/C19H23N5O/c1-13-8-15(24-6-4-23(2)5-7-24)10-17-18(13)22-19(21-17)14-9-16(25-3)12-20-11-14/h8-12H,4-7H2,1-3H3,(H,21,22). The van der Waals surface area contributed by atoms with E-state index in [9.17, 15) is 0 Å². The Balaban J connectivity index is 1.71. The number of likely N-dealkylation sites (N-methyl/N-ethyl adjacent to an activating group) is 1. The van der Waals surface area contributed by atoms with E-state index in [4.69, 9.17) is 9.72 Å². The third-order valence-corrected chi connectivity index (χ3v) is 4.85. The number of rotatable bonds is 3. The van der Waals surface area contributed by atoms with Gasteiger partial charge in [-0.25, -0.2) is 4.98 Å². The molecule has 0 bridgehead atoms. The molecule has 1 saturated heterocycles. The molecule has 0 atom stereocenters. The molecule has 0 unspecified atom stereocenters. The molecular weight excluding hydrogens is 314 g/mol. The van der Waals surface area contributed by atoms with Gasteiger partial charge in [-0.3, -0.25) is 4.98 Å². The molecule has 4 rings (SSSR count). The third kappa shape index (κ3) is 3.05. The van der Waals surface area contributed by atoms with Crippen LogP contribution < -0.4 is 9.64 Å². The Labute approximate surface area is 147 Å². The normalized spacial score (nSPS) is 15.7. The summed E-state index contributed by atoms with van der Waals surface area (Å²) >= 11 is 0. The van der Waals surface area contributed by atoms with Gasteiger partial charge in [0.2, 0.25) is 0 Å². The molecule has 2 aromatic heterocycles. The van der Waals surface area contributed by atoms with Gasteiger partial charge in [0.05, 0.1) is 24.3 Å². The molecule has 25 heavy (non-hydrogen) atoms. The smallest absolute Gasteiger partial charge is 0.140 e. The Hall–Kier alpha value is -2.60. The topological polar surface area (TPSA) is 57.3 Å². The molecular formula is C19H23N5O. The van der Waals surface area contributed by atoms with E-state index in [2.05, 4.69) is 45.9 Å². The Bertz CT molecular complexity index is 896. The molecule has 6 nitrogen and oxygen atoms in total. The minimum atomic E-state index is 0.729. The van der Waals surface area contributed by atoms with E-state index in [1.807, 2.05) is 6.07 Å². The summed E-state index contributed by atoms with van der Waals surface area (Å²) in [6, 6.07) is 6.39. The highest BCUT2D eigenvalue weighted by Gasteiger charge is 2.17. The number of fused-ring (bicyclic) bond motifs is 1. The van der Waals surface area contributed by atoms with Crippen molar-refractivity contribution in [3.63, 3.8) is 0 Å². The molecule has 3 heterocycles. The van der Waals surface area contributed by atoms with Crippen LogP contribution in [0.25, 0.3) is 22.4 Å². The first kappa shape index (κ1) is 15.9. The van der Waals surface area contributed by atoms with Crippen LogP contribution in [0.5, 0.6) is 5.75 Å². The van der Waals surface area contributed by atoms with E-state index in [-0.39, 0.29) is 0 Å². The van der Waals surface area contributed by atoms with Crippen LogP contribution in [0.4, 0.5) is 5.69 Å². The van der Waals surface area contributed by atoms with Gasteiger partial charge in [0.15, 0.2) is 0 Å². The number of aromatic amines is 1. The van der Waals surface area contributed by atoms with E-state index >= 15 is 0 Å². The number of anilines is 1. The summed E-state index contributed by atoms with van der Waals surface area (Å²) in [5, 5.41) is 0. The van der Waals surface area contributed by atoms with Crippen molar-refractivity contribution in [1.82, 2.24) is 19.9 Å². The first-order valence-corrected chi connectivity index (χ1v) is 8.57. The summed E-state index contributed by atoms with van der Waals surface area (Å²) in [4.78, 5) is 17.3. The van der Waals surface area contributed by atoms with Crippen molar-refractivity contribution >= 4 is 16.7 Å². The van der Waals surface area contributed by atoms with Gasteiger partial charge < -0.3 is 19.5 Å². The lowest BCUT2D eigenvalue weighted by Gasteiger charge is -2.34. The second kappa shape index (κ2) is 6.37. The first-order valence-electron chi connectivity index (χ1n) is 8.57. The summed E-state index contributed by atoms with van der Waals surface area (Å²) in [6.45, 7) is 6.43. The van der Waals surface area contributed by atoms with E-state index in [0.29, 0.717) is 0 Å². The van der Waals surface area contributed by atoms with Crippen LogP contribution in [0.1, 0.15) is 5.56 Å². The number of nitrogens with zero attached hydrogens (tertiary/aromatic N) is 4. The van der Waals surface area contributed by atoms with Gasteiger partial charge in [0.1, 0.15) is 11.6 Å². The molecule has 0 radical (unpaired) electrons. The highest BCUT2D eigenvalue weighted by Crippen LogP contribution is 2.28. The summed E-state index contributed by atoms with van der Waals surface area (Å²) in [5.74, 6) is 1.55. The highest BCUT2D eigenvalue weighted by atomic mass is 16.5. The Morgan fingerprint density at radius 3 is 2.64 bits per heavy atom. The van der Waals surface area contributed by atoms with Crippen molar-refractivity contribution < 1.29 is 4.74 Å². The number of methoxy groups -OCH3 is 1. The molecule has 0 spiro atoms. The first-order chi connectivity index (χ1) is 12.1. The molecule has 1 N–H and O–H groups in total. The quantitative estimate of drug-likeness (QED) is 0.796. The zero-order valence-electron chi connectivity index (χ0n) is 14.9. The largest absolute Gasteiger partial charge is 0.495 e. The summed E-state index contributed by atoms with van der Waals surface area (Å²) in [7, 11) is 3.82. The zero-order chi connectivity index (χ0) is 17.4. The van der Waals surface area contributed by atoms with Crippen LogP contribution >= 0.6 is 0 Å². The number of pyridine rings is 1. The van der Waals surface area contributed by atoms with E-state index < -0.39 is 0 Å². The maximum absolute atomic E-state index is 5.27. The lowest BCUT2D eigenvalue weighted by atomic mass is 10.1. The fourth-order valence-corrected chi connectivity index (χ4v) is 3.32. The number of aromatic nitrogens is 3. The average molecular weight is 337 g/mol. The van der Waals surface area contributed by atoms with Crippen LogP contribution in [0.2, 0.25) is 0 Å². The summed E-state index contributed by atoms with van der Waals surface area (Å²) < 4.78 is 5.27. The molecule has 1 aliphatic rings. The van der Waals surface area contributed by atoms with Crippen molar-refractivity contribution in [2.45, 2.75) is 6.92 Å². The van der Waals surface area contributed by atoms with Gasteiger partial charge in [-0.2, -0.15) is 0 Å². The SMILES string of the molecule is COc1cncc(-c2nc3c(C)cc(N4CCN(C)CC4)cc3[nH]2)c1. The number of H-pyrrole nitrogens is 1. The fraction of sp³-hybridized carbons (Fsp3) is 0.368. The Kier molecular flexibility index (Phi) is 4.05. The highest BCUT2D eigenvalue weighted by molar-refractivity contribution is 5.86. The molecule has 0 aliphatic carbocycles. The molecule has 3 aromatic rings. The number of aryl methyl sites for hydroxylation is 1. The van der Waals surface area contributed by atoms with Gasteiger partial charge in [0.25, 0.3) is 0 Å². The van der Waals surface area contributed by atoms with Crippen molar-refractivity contribution in [1.29, 1.82) is 0 Å². The molecule has 6 heteroatoms. The number of nitrogens with one attached hydrogen (secondary N) is 1. The maximum atomic E-state index is 5.27. The van der Waals surface area contributed by atoms with Crippen LogP contribution in [-0.4, -0.2) is 60.2 Å². The molecule has 130 valence electrons. The number of piperazine rings is 1. The second-order valence-electron chi connectivity index (χ2n) is 6.65. The van der Waals surface area contributed by atoms with E-state index in [1.54, 1.807) is 19.5 Å². The molecule has 1 aliphatic heterocycles. The predicted octanol–water partition coefficient (Wildman–Crippen LogP) is 2.69. The van der Waals surface area contributed by atoms with Gasteiger partial charge >= 0.3 is 0 Å². The number of hydrogen-bond acceptors (Lipinski definition) is 5. The Morgan fingerprint density at radius 2 is 1.88 bits per heavy atom. The molecule has 1 aromatic carbocycles. The van der Waals surface area contributed by atoms with Crippen molar-refractivity contribution in [3.05, 3.63) is 36.2 Å². The molecule has 1 fully saturated rings. The fourth-order valence-electron chi connectivity index (χ4n) is 3.32. The number of benzene rings is 1. The van der Waals surface area contributed by atoms with Crippen molar-refractivity contribution in [2.75, 3.05) is 45.2 Å². The maximum Gasteiger partial charge on any atom is 0.140 e. The lowest BCUT2D eigenvalue weighted by Crippen LogP contribution is -2.44. The average Bonchev–Trinajstić information content (AvgIpc) is 3.07.